The quantitative estimate of drug-likeness (QED) is 0.733. The van der Waals surface area contributed by atoms with Crippen molar-refractivity contribution in [2.45, 2.75) is 52.7 Å². The molecule has 1 aliphatic heterocycles. The minimum absolute atomic E-state index is 0.0435. The summed E-state index contributed by atoms with van der Waals surface area (Å²) in [5.41, 5.74) is 0.950. The maximum absolute atomic E-state index is 13.9. The Bertz CT molecular complexity index is 850. The number of piperidine rings is 1. The standard InChI is InChI=1S/C23H30FN3O2/c1-16-14-27(15-20-22(26-11-10-25-20)29-23(2,3)4)12-9-18(16)21(28)13-17-7-5-6-8-19(17)24/h5-8,10-11,16,18H,9,12-15H2,1-4H3/t16-,18-/m0/s1. The third-order valence-corrected chi connectivity index (χ3v) is 5.24. The summed E-state index contributed by atoms with van der Waals surface area (Å²) in [7, 11) is 0. The van der Waals surface area contributed by atoms with Gasteiger partial charge >= 0.3 is 0 Å². The summed E-state index contributed by atoms with van der Waals surface area (Å²) in [5, 5.41) is 0. The van der Waals surface area contributed by atoms with Gasteiger partial charge in [-0.15, -0.1) is 0 Å². The number of rotatable bonds is 6. The van der Waals surface area contributed by atoms with Crippen LogP contribution in [0.15, 0.2) is 36.7 Å². The molecular weight excluding hydrogens is 369 g/mol. The molecule has 1 aromatic carbocycles. The van der Waals surface area contributed by atoms with Gasteiger partial charge in [-0.05, 0) is 51.3 Å². The van der Waals surface area contributed by atoms with Crippen molar-refractivity contribution in [2.24, 2.45) is 11.8 Å². The highest BCUT2D eigenvalue weighted by atomic mass is 19.1. The summed E-state index contributed by atoms with van der Waals surface area (Å²) in [6.45, 7) is 10.3. The fourth-order valence-corrected chi connectivity index (χ4v) is 3.86. The van der Waals surface area contributed by atoms with Gasteiger partial charge in [-0.3, -0.25) is 14.7 Å². The Hall–Kier alpha value is -2.34. The molecule has 29 heavy (non-hydrogen) atoms. The number of benzene rings is 1. The Morgan fingerprint density at radius 3 is 2.66 bits per heavy atom. The van der Waals surface area contributed by atoms with E-state index in [0.29, 0.717) is 18.0 Å². The van der Waals surface area contributed by atoms with Crippen molar-refractivity contribution in [3.05, 3.63) is 53.7 Å². The first-order valence-corrected chi connectivity index (χ1v) is 10.2. The van der Waals surface area contributed by atoms with Gasteiger partial charge in [-0.2, -0.15) is 0 Å². The Morgan fingerprint density at radius 1 is 1.24 bits per heavy atom. The molecule has 5 nitrogen and oxygen atoms in total. The summed E-state index contributed by atoms with van der Waals surface area (Å²) in [6.07, 6.45) is 4.25. The highest BCUT2D eigenvalue weighted by Crippen LogP contribution is 2.28. The van der Waals surface area contributed by atoms with E-state index in [2.05, 4.69) is 21.8 Å². The Morgan fingerprint density at radius 2 is 1.97 bits per heavy atom. The van der Waals surface area contributed by atoms with Crippen molar-refractivity contribution in [1.29, 1.82) is 0 Å². The highest BCUT2D eigenvalue weighted by Gasteiger charge is 2.32. The van der Waals surface area contributed by atoms with Gasteiger partial charge in [0.2, 0.25) is 5.88 Å². The molecule has 3 rings (SSSR count). The van der Waals surface area contributed by atoms with Gasteiger partial charge in [0.15, 0.2) is 0 Å². The minimum Gasteiger partial charge on any atom is -0.471 e. The molecule has 1 fully saturated rings. The van der Waals surface area contributed by atoms with Crippen LogP contribution in [0, 0.1) is 17.7 Å². The number of carbonyl (C=O) groups is 1. The van der Waals surface area contributed by atoms with Gasteiger partial charge in [0.1, 0.15) is 22.9 Å². The van der Waals surface area contributed by atoms with Crippen LogP contribution in [0.25, 0.3) is 0 Å². The molecule has 0 radical (unpaired) electrons. The molecule has 0 N–H and O–H groups in total. The van der Waals surface area contributed by atoms with E-state index in [1.54, 1.807) is 30.6 Å². The van der Waals surface area contributed by atoms with Gasteiger partial charge in [-0.25, -0.2) is 9.37 Å². The zero-order chi connectivity index (χ0) is 21.0. The van der Waals surface area contributed by atoms with Crippen molar-refractivity contribution in [1.82, 2.24) is 14.9 Å². The summed E-state index contributed by atoms with van der Waals surface area (Å²) in [6, 6.07) is 6.52. The van der Waals surface area contributed by atoms with Gasteiger partial charge in [-0.1, -0.05) is 25.1 Å². The maximum Gasteiger partial charge on any atom is 0.237 e. The summed E-state index contributed by atoms with van der Waals surface area (Å²) < 4.78 is 19.8. The Labute approximate surface area is 172 Å². The Balaban J connectivity index is 1.61. The first-order chi connectivity index (χ1) is 13.7. The first-order valence-electron chi connectivity index (χ1n) is 10.2. The fraction of sp³-hybridized carbons (Fsp3) is 0.522. The number of aromatic nitrogens is 2. The van der Waals surface area contributed by atoms with E-state index in [4.69, 9.17) is 4.74 Å². The smallest absolute Gasteiger partial charge is 0.237 e. The largest absolute Gasteiger partial charge is 0.471 e. The second-order valence-electron chi connectivity index (χ2n) is 8.86. The molecule has 0 saturated carbocycles. The van der Waals surface area contributed by atoms with Crippen LogP contribution < -0.4 is 4.74 Å². The number of carbonyl (C=O) groups excluding carboxylic acids is 1. The van der Waals surface area contributed by atoms with Gasteiger partial charge in [0.25, 0.3) is 0 Å². The van der Waals surface area contributed by atoms with E-state index in [0.717, 1.165) is 25.2 Å². The molecule has 2 aromatic rings. The molecule has 0 amide bonds. The van der Waals surface area contributed by atoms with Crippen LogP contribution in [0.3, 0.4) is 0 Å². The molecule has 0 unspecified atom stereocenters. The summed E-state index contributed by atoms with van der Waals surface area (Å²) >= 11 is 0. The number of hydrogen-bond donors (Lipinski definition) is 0. The van der Waals surface area contributed by atoms with E-state index in [-0.39, 0.29) is 35.5 Å². The second kappa shape index (κ2) is 8.99. The molecular formula is C23H30FN3O2. The van der Waals surface area contributed by atoms with Gasteiger partial charge in [0, 0.05) is 37.8 Å². The van der Waals surface area contributed by atoms with Crippen LogP contribution in [0.5, 0.6) is 5.88 Å². The van der Waals surface area contributed by atoms with Crippen LogP contribution in [0.4, 0.5) is 4.39 Å². The van der Waals surface area contributed by atoms with E-state index in [1.807, 2.05) is 20.8 Å². The zero-order valence-electron chi connectivity index (χ0n) is 17.7. The number of Topliss-reactive ketones (excluding diaryl/α,β-unsaturated/α-hetero) is 1. The molecule has 0 aliphatic carbocycles. The number of ketones is 1. The summed E-state index contributed by atoms with van der Waals surface area (Å²) in [5.74, 6) is 0.536. The molecule has 0 bridgehead atoms. The zero-order valence-corrected chi connectivity index (χ0v) is 17.7. The minimum atomic E-state index is -0.343. The Kier molecular flexibility index (Phi) is 6.63. The average Bonchev–Trinajstić information content (AvgIpc) is 2.64. The lowest BCUT2D eigenvalue weighted by Crippen LogP contribution is -2.42. The predicted molar refractivity (Wildman–Crippen MR) is 110 cm³/mol. The number of hydrogen-bond acceptors (Lipinski definition) is 5. The lowest BCUT2D eigenvalue weighted by molar-refractivity contribution is -0.125. The molecule has 2 heterocycles. The van der Waals surface area contributed by atoms with Crippen LogP contribution in [0.2, 0.25) is 0 Å². The van der Waals surface area contributed by atoms with Crippen LogP contribution in [-0.4, -0.2) is 39.3 Å². The van der Waals surface area contributed by atoms with Crippen LogP contribution in [-0.2, 0) is 17.8 Å². The van der Waals surface area contributed by atoms with Crippen molar-refractivity contribution < 1.29 is 13.9 Å². The summed E-state index contributed by atoms with van der Waals surface area (Å²) in [4.78, 5) is 23.9. The van der Waals surface area contributed by atoms with E-state index >= 15 is 0 Å². The third kappa shape index (κ3) is 5.82. The monoisotopic (exact) mass is 399 g/mol. The first kappa shape index (κ1) is 21.4. The van der Waals surface area contributed by atoms with Crippen molar-refractivity contribution in [3.63, 3.8) is 0 Å². The molecule has 1 saturated heterocycles. The number of likely N-dealkylation sites (tertiary alicyclic amines) is 1. The molecule has 156 valence electrons. The predicted octanol–water partition coefficient (Wildman–Crippen LogP) is 4.06. The van der Waals surface area contributed by atoms with E-state index in [1.165, 1.54) is 6.07 Å². The third-order valence-electron chi connectivity index (χ3n) is 5.24. The van der Waals surface area contributed by atoms with Crippen molar-refractivity contribution in [3.8, 4) is 5.88 Å². The number of nitrogens with zero attached hydrogens (tertiary/aromatic N) is 3. The fourth-order valence-electron chi connectivity index (χ4n) is 3.86. The molecule has 1 aliphatic rings. The second-order valence-corrected chi connectivity index (χ2v) is 8.86. The van der Waals surface area contributed by atoms with E-state index in [9.17, 15) is 9.18 Å². The van der Waals surface area contributed by atoms with Gasteiger partial charge in [0.05, 0.1) is 0 Å². The maximum atomic E-state index is 13.9. The molecule has 6 heteroatoms. The van der Waals surface area contributed by atoms with Crippen LogP contribution >= 0.6 is 0 Å². The van der Waals surface area contributed by atoms with Crippen molar-refractivity contribution in [2.75, 3.05) is 13.1 Å². The molecule has 0 spiro atoms. The molecule has 1 aromatic heterocycles. The lowest BCUT2D eigenvalue weighted by atomic mass is 9.81. The van der Waals surface area contributed by atoms with Crippen molar-refractivity contribution >= 4 is 5.78 Å². The number of ether oxygens (including phenoxy) is 1. The number of halogens is 1. The normalized spacial score (nSPS) is 20.4. The SMILES string of the molecule is C[C@H]1CN(Cc2nccnc2OC(C)(C)C)CC[C@@H]1C(=O)Cc1ccccc1F. The highest BCUT2D eigenvalue weighted by molar-refractivity contribution is 5.83. The average molecular weight is 400 g/mol. The van der Waals surface area contributed by atoms with Crippen LogP contribution in [0.1, 0.15) is 45.4 Å². The van der Waals surface area contributed by atoms with E-state index < -0.39 is 0 Å². The van der Waals surface area contributed by atoms with Gasteiger partial charge < -0.3 is 4.74 Å². The topological polar surface area (TPSA) is 55.3 Å². The molecule has 2 atom stereocenters. The lowest BCUT2D eigenvalue weighted by Gasteiger charge is -2.36.